The van der Waals surface area contributed by atoms with E-state index in [1.807, 2.05) is 11.3 Å². The monoisotopic (exact) mass is 420 g/mol. The van der Waals surface area contributed by atoms with Crippen molar-refractivity contribution in [1.29, 1.82) is 0 Å². The predicted molar refractivity (Wildman–Crippen MR) is 98.5 cm³/mol. The molecule has 0 spiro atoms. The van der Waals surface area contributed by atoms with E-state index in [4.69, 9.17) is 0 Å². The van der Waals surface area contributed by atoms with Crippen LogP contribution in [0.3, 0.4) is 0 Å². The number of benzene rings is 2. The molecule has 0 radical (unpaired) electrons. The first kappa shape index (κ1) is 14.0. The Hall–Kier alpha value is -0.640. The van der Waals surface area contributed by atoms with Crippen LogP contribution in [-0.4, -0.2) is 0 Å². The summed E-state index contributed by atoms with van der Waals surface area (Å²) in [4.78, 5) is 0.450. The fraction of sp³-hybridized carbons (Fsp3) is 0.222. The number of hydrogen-bond donors (Lipinski definition) is 0. The Morgan fingerprint density at radius 2 is 1.86 bits per heavy atom. The van der Waals surface area contributed by atoms with Gasteiger partial charge in [0.1, 0.15) is 0 Å². The minimum Gasteiger partial charge on any atom is -0.142 e. The molecular formula is C18H14Br2S. The third-order valence-electron chi connectivity index (χ3n) is 4.32. The number of rotatable bonds is 3. The van der Waals surface area contributed by atoms with Gasteiger partial charge in [0.15, 0.2) is 0 Å². The second kappa shape index (κ2) is 5.53. The van der Waals surface area contributed by atoms with Crippen molar-refractivity contribution in [3.8, 4) is 0 Å². The van der Waals surface area contributed by atoms with Crippen molar-refractivity contribution in [3.05, 3.63) is 69.5 Å². The van der Waals surface area contributed by atoms with E-state index in [0.29, 0.717) is 16.7 Å². The van der Waals surface area contributed by atoms with Crippen molar-refractivity contribution in [3.63, 3.8) is 0 Å². The first-order valence-corrected chi connectivity index (χ1v) is 9.69. The zero-order chi connectivity index (χ0) is 14.4. The molecule has 106 valence electrons. The van der Waals surface area contributed by atoms with E-state index >= 15 is 0 Å². The van der Waals surface area contributed by atoms with Crippen molar-refractivity contribution in [2.24, 2.45) is 5.92 Å². The highest BCUT2D eigenvalue weighted by Gasteiger charge is 2.43. The summed E-state index contributed by atoms with van der Waals surface area (Å²) in [7, 11) is 0. The maximum Gasteiger partial charge on any atom is 0.0488 e. The predicted octanol–water partition coefficient (Wildman–Crippen LogP) is 6.90. The Labute approximate surface area is 145 Å². The summed E-state index contributed by atoms with van der Waals surface area (Å²) < 4.78 is 2.56. The summed E-state index contributed by atoms with van der Waals surface area (Å²) in [6, 6.07) is 17.4. The van der Waals surface area contributed by atoms with Gasteiger partial charge in [0, 0.05) is 14.0 Å². The lowest BCUT2D eigenvalue weighted by atomic mass is 10.0. The van der Waals surface area contributed by atoms with Crippen LogP contribution in [0, 0.1) is 5.92 Å². The molecule has 0 bridgehead atoms. The van der Waals surface area contributed by atoms with Gasteiger partial charge in [0.2, 0.25) is 0 Å². The molecule has 0 amide bonds. The van der Waals surface area contributed by atoms with Crippen LogP contribution in [0.5, 0.6) is 0 Å². The normalized spacial score (nSPS) is 22.4. The first-order chi connectivity index (χ1) is 10.3. The van der Waals surface area contributed by atoms with Gasteiger partial charge in [-0.2, -0.15) is 0 Å². The molecule has 3 heteroatoms. The minimum absolute atomic E-state index is 0.450. The Morgan fingerprint density at radius 3 is 2.67 bits per heavy atom. The quantitative estimate of drug-likeness (QED) is 0.403. The molecular weight excluding hydrogens is 408 g/mol. The third kappa shape index (κ3) is 2.49. The molecule has 3 unspecified atom stereocenters. The van der Waals surface area contributed by atoms with Gasteiger partial charge >= 0.3 is 0 Å². The molecule has 21 heavy (non-hydrogen) atoms. The van der Waals surface area contributed by atoms with Gasteiger partial charge in [0.05, 0.1) is 0 Å². The van der Waals surface area contributed by atoms with Crippen LogP contribution in [0.1, 0.15) is 28.3 Å². The van der Waals surface area contributed by atoms with Gasteiger partial charge in [-0.25, -0.2) is 0 Å². The Morgan fingerprint density at radius 1 is 1.05 bits per heavy atom. The van der Waals surface area contributed by atoms with Crippen molar-refractivity contribution in [2.75, 3.05) is 0 Å². The first-order valence-electron chi connectivity index (χ1n) is 7.10. The largest absolute Gasteiger partial charge is 0.142 e. The van der Waals surface area contributed by atoms with Gasteiger partial charge < -0.3 is 0 Å². The second-order valence-corrected chi connectivity index (χ2v) is 8.35. The van der Waals surface area contributed by atoms with Crippen LogP contribution >= 0.6 is 43.2 Å². The van der Waals surface area contributed by atoms with E-state index in [0.717, 1.165) is 0 Å². The number of fused-ring (bicyclic) bond motifs is 1. The van der Waals surface area contributed by atoms with E-state index in [2.05, 4.69) is 85.8 Å². The SMILES string of the molecule is Brc1cccc2c(C(Br)C3CC3c3ccccc3)csc12. The van der Waals surface area contributed by atoms with Crippen LogP contribution in [0.25, 0.3) is 10.1 Å². The highest BCUT2D eigenvalue weighted by atomic mass is 79.9. The summed E-state index contributed by atoms with van der Waals surface area (Å²) in [5.74, 6) is 1.42. The lowest BCUT2D eigenvalue weighted by molar-refractivity contribution is 0.793. The Kier molecular flexibility index (Phi) is 3.68. The van der Waals surface area contributed by atoms with Gasteiger partial charge in [-0.1, -0.05) is 58.4 Å². The lowest BCUT2D eigenvalue weighted by Crippen LogP contribution is -1.93. The smallest absolute Gasteiger partial charge is 0.0488 e. The van der Waals surface area contributed by atoms with Crippen LogP contribution < -0.4 is 0 Å². The van der Waals surface area contributed by atoms with Crippen LogP contribution in [0.4, 0.5) is 0 Å². The molecule has 1 heterocycles. The van der Waals surface area contributed by atoms with E-state index in [1.54, 1.807) is 0 Å². The number of thiophene rings is 1. The van der Waals surface area contributed by atoms with Crippen LogP contribution in [-0.2, 0) is 0 Å². The molecule has 0 N–H and O–H groups in total. The third-order valence-corrected chi connectivity index (χ3v) is 7.47. The van der Waals surface area contributed by atoms with Crippen LogP contribution in [0.15, 0.2) is 58.4 Å². The average molecular weight is 422 g/mol. The Balaban J connectivity index is 1.64. The maximum absolute atomic E-state index is 3.97. The molecule has 0 aliphatic heterocycles. The van der Waals surface area contributed by atoms with Crippen molar-refractivity contribution in [2.45, 2.75) is 17.2 Å². The number of alkyl halides is 1. The van der Waals surface area contributed by atoms with E-state index in [9.17, 15) is 0 Å². The molecule has 1 aliphatic rings. The number of hydrogen-bond acceptors (Lipinski definition) is 1. The molecule has 1 aliphatic carbocycles. The standard InChI is InChI=1S/C18H14Br2S/c19-16-8-4-7-12-15(10-21-18(12)16)17(20)14-9-13(14)11-5-2-1-3-6-11/h1-8,10,13-14,17H,9H2. The summed E-state index contributed by atoms with van der Waals surface area (Å²) in [6.07, 6.45) is 1.28. The number of halogens is 2. The fourth-order valence-electron chi connectivity index (χ4n) is 3.11. The molecule has 1 aromatic heterocycles. The average Bonchev–Trinajstić information content (AvgIpc) is 3.20. The summed E-state index contributed by atoms with van der Waals surface area (Å²) in [6.45, 7) is 0. The van der Waals surface area contributed by atoms with Crippen LogP contribution in [0.2, 0.25) is 0 Å². The topological polar surface area (TPSA) is 0 Å². The zero-order valence-electron chi connectivity index (χ0n) is 11.3. The summed E-state index contributed by atoms with van der Waals surface area (Å²) in [5, 5.41) is 3.70. The van der Waals surface area contributed by atoms with Crippen molar-refractivity contribution in [1.82, 2.24) is 0 Å². The van der Waals surface area contributed by atoms with Crippen molar-refractivity contribution < 1.29 is 0 Å². The Bertz CT molecular complexity index is 778. The fourth-order valence-corrected chi connectivity index (χ4v) is 5.90. The van der Waals surface area contributed by atoms with E-state index in [1.165, 1.54) is 32.1 Å². The van der Waals surface area contributed by atoms with Crippen molar-refractivity contribution >= 4 is 53.3 Å². The molecule has 2 aromatic carbocycles. The van der Waals surface area contributed by atoms with Gasteiger partial charge in [-0.05, 0) is 62.1 Å². The summed E-state index contributed by atoms with van der Waals surface area (Å²) in [5.41, 5.74) is 2.92. The molecule has 1 fully saturated rings. The molecule has 0 nitrogen and oxygen atoms in total. The maximum atomic E-state index is 3.97. The van der Waals surface area contributed by atoms with Gasteiger partial charge in [0.25, 0.3) is 0 Å². The minimum atomic E-state index is 0.450. The second-order valence-electron chi connectivity index (χ2n) is 5.63. The molecule has 1 saturated carbocycles. The van der Waals surface area contributed by atoms with E-state index < -0.39 is 0 Å². The molecule has 3 atom stereocenters. The molecule has 4 rings (SSSR count). The zero-order valence-corrected chi connectivity index (χ0v) is 15.3. The summed E-state index contributed by atoms with van der Waals surface area (Å²) >= 11 is 9.46. The highest BCUT2D eigenvalue weighted by Crippen LogP contribution is 2.58. The lowest BCUT2D eigenvalue weighted by Gasteiger charge is -2.09. The van der Waals surface area contributed by atoms with Gasteiger partial charge in [-0.15, -0.1) is 11.3 Å². The highest BCUT2D eigenvalue weighted by molar-refractivity contribution is 9.10. The van der Waals surface area contributed by atoms with E-state index in [-0.39, 0.29) is 0 Å². The van der Waals surface area contributed by atoms with Gasteiger partial charge in [-0.3, -0.25) is 0 Å². The molecule has 0 saturated heterocycles. The molecule has 3 aromatic rings.